The topological polar surface area (TPSA) is 90.1 Å². The van der Waals surface area contributed by atoms with Gasteiger partial charge in [0.25, 0.3) is 5.56 Å². The Hall–Kier alpha value is -3.39. The highest BCUT2D eigenvalue weighted by Gasteiger charge is 2.53. The van der Waals surface area contributed by atoms with E-state index in [1.165, 1.54) is 25.4 Å². The minimum atomic E-state index is -1.10. The van der Waals surface area contributed by atoms with Crippen molar-refractivity contribution in [1.29, 1.82) is 0 Å². The fourth-order valence-corrected chi connectivity index (χ4v) is 5.61. The number of carbonyl (C=O) groups is 1. The van der Waals surface area contributed by atoms with Gasteiger partial charge in [-0.15, -0.1) is 0 Å². The summed E-state index contributed by atoms with van der Waals surface area (Å²) >= 11 is 1.21. The van der Waals surface area contributed by atoms with Crippen LogP contribution < -0.4 is 24.4 Å². The number of carbonyl (C=O) groups excluding carboxylic acids is 1. The minimum absolute atomic E-state index is 0.0429. The molecule has 5 rings (SSSR count). The largest absolute Gasteiger partial charge is 0.504 e. The molecule has 0 unspecified atom stereocenters. The summed E-state index contributed by atoms with van der Waals surface area (Å²) in [6, 6.07) is 12.0. The summed E-state index contributed by atoms with van der Waals surface area (Å²) in [4.78, 5) is 31.3. The van der Waals surface area contributed by atoms with Crippen molar-refractivity contribution in [3.8, 4) is 17.2 Å². The third-order valence-electron chi connectivity index (χ3n) is 5.85. The molecule has 3 aromatic rings. The summed E-state index contributed by atoms with van der Waals surface area (Å²) in [5, 5.41) is 10.4. The summed E-state index contributed by atoms with van der Waals surface area (Å²) in [5.41, 5.74) is -0.116. The van der Waals surface area contributed by atoms with Crippen molar-refractivity contribution in [1.82, 2.24) is 4.57 Å². The summed E-state index contributed by atoms with van der Waals surface area (Å²) in [5.74, 6) is 0.183. The summed E-state index contributed by atoms with van der Waals surface area (Å²) in [6.07, 6.45) is 1.62. The number of thiazole rings is 1. The van der Waals surface area contributed by atoms with Crippen LogP contribution >= 0.6 is 11.3 Å². The number of methoxy groups -OCH3 is 1. The Morgan fingerprint density at radius 2 is 2.06 bits per heavy atom. The monoisotopic (exact) mass is 436 g/mol. The molecule has 0 spiro atoms. The molecule has 0 amide bonds. The molecule has 3 atom stereocenters. The predicted octanol–water partition coefficient (Wildman–Crippen LogP) is 1.99. The minimum Gasteiger partial charge on any atom is -0.504 e. The molecule has 2 bridgehead atoms. The highest BCUT2D eigenvalue weighted by atomic mass is 32.1. The van der Waals surface area contributed by atoms with Gasteiger partial charge < -0.3 is 14.6 Å². The Morgan fingerprint density at radius 3 is 2.81 bits per heavy atom. The maximum absolute atomic E-state index is 13.5. The van der Waals surface area contributed by atoms with Crippen LogP contribution in [0.25, 0.3) is 6.08 Å². The van der Waals surface area contributed by atoms with E-state index in [1.54, 1.807) is 35.8 Å². The number of fused-ring (bicyclic) bond motifs is 6. The maximum atomic E-state index is 13.5. The number of aromatic hydroxyl groups is 1. The summed E-state index contributed by atoms with van der Waals surface area (Å²) < 4.78 is 13.3. The molecule has 1 N–H and O–H groups in total. The first-order valence-corrected chi connectivity index (χ1v) is 10.6. The van der Waals surface area contributed by atoms with Crippen LogP contribution in [-0.4, -0.2) is 28.3 Å². The molecule has 158 valence electrons. The highest BCUT2D eigenvalue weighted by molar-refractivity contribution is 7.07. The van der Waals surface area contributed by atoms with Crippen LogP contribution in [-0.2, 0) is 4.79 Å². The van der Waals surface area contributed by atoms with Crippen LogP contribution in [0.1, 0.15) is 31.0 Å². The fraction of sp³-hybridized carbons (Fsp3) is 0.261. The Morgan fingerprint density at radius 1 is 1.29 bits per heavy atom. The molecule has 2 aromatic carbocycles. The zero-order valence-electron chi connectivity index (χ0n) is 17.2. The molecule has 31 heavy (non-hydrogen) atoms. The number of Topliss-reactive ketones (excluding diaryl/α,β-unsaturated/α-hetero) is 1. The molecular weight excluding hydrogens is 416 g/mol. The van der Waals surface area contributed by atoms with Gasteiger partial charge in [-0.05, 0) is 32.1 Å². The number of hydrogen-bond donors (Lipinski definition) is 1. The first kappa shape index (κ1) is 19.6. The van der Waals surface area contributed by atoms with E-state index in [4.69, 9.17) is 14.5 Å². The van der Waals surface area contributed by atoms with E-state index in [0.29, 0.717) is 26.4 Å². The highest BCUT2D eigenvalue weighted by Crippen LogP contribution is 2.47. The van der Waals surface area contributed by atoms with Crippen molar-refractivity contribution < 1.29 is 19.4 Å². The second-order valence-electron chi connectivity index (χ2n) is 7.81. The van der Waals surface area contributed by atoms with Crippen molar-refractivity contribution >= 4 is 23.2 Å². The molecular formula is C23H20N2O5S. The number of rotatable bonds is 3. The molecule has 2 aliphatic rings. The van der Waals surface area contributed by atoms with Crippen molar-refractivity contribution in [2.45, 2.75) is 25.6 Å². The third kappa shape index (κ3) is 2.82. The Kier molecular flexibility index (Phi) is 4.30. The van der Waals surface area contributed by atoms with E-state index >= 15 is 0 Å². The first-order chi connectivity index (χ1) is 14.8. The second-order valence-corrected chi connectivity index (χ2v) is 8.82. The van der Waals surface area contributed by atoms with Gasteiger partial charge in [0.1, 0.15) is 17.5 Å². The molecule has 8 heteroatoms. The normalized spacial score (nSPS) is 23.9. The smallest absolute Gasteiger partial charge is 0.270 e. The van der Waals surface area contributed by atoms with E-state index in [-0.39, 0.29) is 17.1 Å². The van der Waals surface area contributed by atoms with Crippen LogP contribution in [0.4, 0.5) is 0 Å². The van der Waals surface area contributed by atoms with Gasteiger partial charge in [-0.3, -0.25) is 14.2 Å². The molecule has 0 radical (unpaired) electrons. The van der Waals surface area contributed by atoms with E-state index in [0.717, 1.165) is 5.56 Å². The van der Waals surface area contributed by atoms with Crippen LogP contribution in [0, 0.1) is 5.92 Å². The molecule has 1 aromatic heterocycles. The predicted molar refractivity (Wildman–Crippen MR) is 115 cm³/mol. The van der Waals surface area contributed by atoms with Gasteiger partial charge in [-0.1, -0.05) is 41.7 Å². The number of nitrogens with zero attached hydrogens (tertiary/aromatic N) is 2. The van der Waals surface area contributed by atoms with Crippen molar-refractivity contribution in [2.75, 3.05) is 7.11 Å². The number of phenols is 1. The van der Waals surface area contributed by atoms with Gasteiger partial charge in [0.15, 0.2) is 16.3 Å². The lowest BCUT2D eigenvalue weighted by atomic mass is 9.79. The fourth-order valence-electron chi connectivity index (χ4n) is 4.52. The number of ether oxygens (including phenoxy) is 2. The number of hydrogen-bond acceptors (Lipinski definition) is 7. The average molecular weight is 436 g/mol. The SMILES string of the molecule is COc1cccc(/C=c2\sc3n(c2=O)[C@@H]2c4ccccc4O[C@](C)(N=3)[C@H]2C(C)=O)c1O. The molecule has 3 heterocycles. The van der Waals surface area contributed by atoms with Crippen LogP contribution in [0.5, 0.6) is 17.2 Å². The molecule has 7 nitrogen and oxygen atoms in total. The van der Waals surface area contributed by atoms with Crippen LogP contribution in [0.3, 0.4) is 0 Å². The number of para-hydroxylation sites is 2. The number of ketones is 1. The lowest BCUT2D eigenvalue weighted by molar-refractivity contribution is -0.132. The second kappa shape index (κ2) is 6.81. The van der Waals surface area contributed by atoms with Crippen LogP contribution in [0.15, 0.2) is 52.3 Å². The van der Waals surface area contributed by atoms with Crippen LogP contribution in [0.2, 0.25) is 0 Å². The zero-order chi connectivity index (χ0) is 21.9. The molecule has 2 aliphatic heterocycles. The van der Waals surface area contributed by atoms with Gasteiger partial charge in [0.05, 0.1) is 17.7 Å². The summed E-state index contributed by atoms with van der Waals surface area (Å²) in [7, 11) is 1.47. The lowest BCUT2D eigenvalue weighted by Gasteiger charge is -2.45. The Bertz CT molecular complexity index is 1410. The van der Waals surface area contributed by atoms with E-state index in [1.807, 2.05) is 24.3 Å². The molecule has 0 saturated carbocycles. The van der Waals surface area contributed by atoms with Gasteiger partial charge in [0, 0.05) is 11.1 Å². The quantitative estimate of drug-likeness (QED) is 0.678. The Balaban J connectivity index is 1.80. The third-order valence-corrected chi connectivity index (χ3v) is 6.84. The standard InChI is InChI=1S/C23H20N2O5S/c1-12(26)18-19-14-8-4-5-9-15(14)30-23(18,2)24-22-25(19)21(28)17(31-22)11-13-7-6-10-16(29-3)20(13)27/h4-11,18-19,27H,1-3H3/b17-11-/t18-,19+,23-/m0/s1. The number of benzene rings is 2. The zero-order valence-corrected chi connectivity index (χ0v) is 18.0. The van der Waals surface area contributed by atoms with E-state index < -0.39 is 17.7 Å². The first-order valence-electron chi connectivity index (χ1n) is 9.81. The van der Waals surface area contributed by atoms with Crippen molar-refractivity contribution in [3.05, 3.63) is 73.3 Å². The molecule has 0 aliphatic carbocycles. The number of phenolic OH excluding ortho intramolecular Hbond substituents is 1. The van der Waals surface area contributed by atoms with E-state index in [9.17, 15) is 14.7 Å². The van der Waals surface area contributed by atoms with Gasteiger partial charge in [-0.2, -0.15) is 0 Å². The van der Waals surface area contributed by atoms with E-state index in [2.05, 4.69) is 0 Å². The average Bonchev–Trinajstić information content (AvgIpc) is 3.02. The number of aromatic nitrogens is 1. The molecule has 0 saturated heterocycles. The lowest BCUT2D eigenvalue weighted by Crippen LogP contribution is -2.58. The molecule has 0 fully saturated rings. The summed E-state index contributed by atoms with van der Waals surface area (Å²) in [6.45, 7) is 3.29. The van der Waals surface area contributed by atoms with Gasteiger partial charge in [-0.25, -0.2) is 4.99 Å². The van der Waals surface area contributed by atoms with Gasteiger partial charge in [0.2, 0.25) is 5.72 Å². The van der Waals surface area contributed by atoms with Crippen molar-refractivity contribution in [3.63, 3.8) is 0 Å². The van der Waals surface area contributed by atoms with Gasteiger partial charge >= 0.3 is 0 Å². The Labute approximate surface area is 181 Å². The van der Waals surface area contributed by atoms with Crippen molar-refractivity contribution in [2.24, 2.45) is 10.9 Å². The maximum Gasteiger partial charge on any atom is 0.270 e.